The normalized spacial score (nSPS) is 28.1. The minimum Gasteiger partial charge on any atom is -0.173 e. The van der Waals surface area contributed by atoms with Crippen LogP contribution in [0.4, 0.5) is 0 Å². The highest BCUT2D eigenvalue weighted by Gasteiger charge is 2.28. The Hall–Kier alpha value is 0.700. The highest BCUT2D eigenvalue weighted by atomic mass is 32.2. The summed E-state index contributed by atoms with van der Waals surface area (Å²) in [6.45, 7) is 4.35. The molecule has 0 spiro atoms. The van der Waals surface area contributed by atoms with Gasteiger partial charge in [0.05, 0.1) is 0 Å². The maximum atomic E-state index is 4.42. The van der Waals surface area contributed by atoms with Crippen LogP contribution < -0.4 is 0 Å². The fraction of sp³-hybridized carbons (Fsp3) is 1.00. The van der Waals surface area contributed by atoms with Crippen LogP contribution in [0.3, 0.4) is 0 Å². The van der Waals surface area contributed by atoms with E-state index in [2.05, 4.69) is 26.5 Å². The monoisotopic (exact) mass is 148 g/mol. The molecule has 1 fully saturated rings. The first-order valence-electron chi connectivity index (χ1n) is 2.92. The topological polar surface area (TPSA) is 0 Å². The first kappa shape index (κ1) is 6.81. The van der Waals surface area contributed by atoms with Gasteiger partial charge in [-0.25, -0.2) is 0 Å². The van der Waals surface area contributed by atoms with Gasteiger partial charge in [-0.05, 0) is 6.42 Å². The van der Waals surface area contributed by atoms with E-state index in [1.54, 1.807) is 0 Å². The molecule has 1 saturated heterocycles. The van der Waals surface area contributed by atoms with Gasteiger partial charge >= 0.3 is 0 Å². The molecule has 0 aromatic carbocycles. The molecule has 1 rings (SSSR count). The molecule has 0 N–H and O–H groups in total. The Morgan fingerprint density at radius 1 is 1.75 bits per heavy atom. The van der Waals surface area contributed by atoms with Crippen molar-refractivity contribution in [2.45, 2.75) is 30.3 Å². The molecule has 0 radical (unpaired) electrons. The number of hydrogen-bond donors (Lipinski definition) is 1. The molecule has 0 aromatic heterocycles. The summed E-state index contributed by atoms with van der Waals surface area (Å²) in [6, 6.07) is 0. The van der Waals surface area contributed by atoms with Gasteiger partial charge in [0.15, 0.2) is 0 Å². The van der Waals surface area contributed by atoms with E-state index in [1.165, 1.54) is 12.2 Å². The van der Waals surface area contributed by atoms with Gasteiger partial charge in [0.2, 0.25) is 0 Å². The fourth-order valence-corrected chi connectivity index (χ4v) is 1.88. The summed E-state index contributed by atoms with van der Waals surface area (Å²) in [6.07, 6.45) is 1.26. The van der Waals surface area contributed by atoms with Gasteiger partial charge in [0.25, 0.3) is 0 Å². The SMILES string of the molecule is CC(C)(S)CC1CS1. The predicted octanol–water partition coefficient (Wildman–Crippen LogP) is 2.20. The minimum atomic E-state index is 0.258. The first-order chi connectivity index (χ1) is 3.58. The van der Waals surface area contributed by atoms with Crippen molar-refractivity contribution in [2.75, 3.05) is 5.75 Å². The fourth-order valence-electron chi connectivity index (χ4n) is 0.743. The van der Waals surface area contributed by atoms with E-state index in [-0.39, 0.29) is 4.75 Å². The van der Waals surface area contributed by atoms with Gasteiger partial charge in [-0.3, -0.25) is 0 Å². The highest BCUT2D eigenvalue weighted by molar-refractivity contribution is 8.06. The summed E-state index contributed by atoms with van der Waals surface area (Å²) in [5.41, 5.74) is 0. The van der Waals surface area contributed by atoms with Crippen molar-refractivity contribution < 1.29 is 0 Å². The molecule has 2 heteroatoms. The third-order valence-corrected chi connectivity index (χ3v) is 2.28. The Morgan fingerprint density at radius 2 is 2.25 bits per heavy atom. The van der Waals surface area contributed by atoms with Crippen LogP contribution in [-0.4, -0.2) is 15.7 Å². The van der Waals surface area contributed by atoms with Crippen LogP contribution in [0.5, 0.6) is 0 Å². The van der Waals surface area contributed by atoms with Crippen LogP contribution in [0.2, 0.25) is 0 Å². The quantitative estimate of drug-likeness (QED) is 0.463. The zero-order valence-corrected chi connectivity index (χ0v) is 7.06. The van der Waals surface area contributed by atoms with Gasteiger partial charge in [0, 0.05) is 15.7 Å². The van der Waals surface area contributed by atoms with E-state index in [4.69, 9.17) is 0 Å². The summed E-state index contributed by atoms with van der Waals surface area (Å²) in [5.74, 6) is 1.37. The molecular weight excluding hydrogens is 136 g/mol. The summed E-state index contributed by atoms with van der Waals surface area (Å²) in [7, 11) is 0. The molecule has 48 valence electrons. The molecule has 8 heavy (non-hydrogen) atoms. The largest absolute Gasteiger partial charge is 0.173 e. The van der Waals surface area contributed by atoms with Crippen molar-refractivity contribution >= 4 is 24.4 Å². The molecule has 1 aliphatic heterocycles. The Balaban J connectivity index is 2.16. The standard InChI is InChI=1S/C6H12S2/c1-6(2,7)3-5-4-8-5/h5,7H,3-4H2,1-2H3. The molecule has 0 aromatic rings. The van der Waals surface area contributed by atoms with Crippen molar-refractivity contribution in [3.63, 3.8) is 0 Å². The molecule has 0 amide bonds. The Kier molecular flexibility index (Phi) is 1.83. The van der Waals surface area contributed by atoms with Crippen LogP contribution in [0.25, 0.3) is 0 Å². The summed E-state index contributed by atoms with van der Waals surface area (Å²) < 4.78 is 0.258. The molecule has 1 unspecified atom stereocenters. The van der Waals surface area contributed by atoms with E-state index in [9.17, 15) is 0 Å². The minimum absolute atomic E-state index is 0.258. The lowest BCUT2D eigenvalue weighted by Crippen LogP contribution is -2.12. The second kappa shape index (κ2) is 2.14. The van der Waals surface area contributed by atoms with Crippen LogP contribution in [0.1, 0.15) is 20.3 Å². The van der Waals surface area contributed by atoms with Crippen LogP contribution >= 0.6 is 24.4 Å². The molecule has 1 heterocycles. The average molecular weight is 148 g/mol. The Bertz CT molecular complexity index is 79.0. The third kappa shape index (κ3) is 2.88. The molecule has 0 nitrogen and oxygen atoms in total. The Morgan fingerprint density at radius 3 is 2.38 bits per heavy atom. The first-order valence-corrected chi connectivity index (χ1v) is 4.41. The molecule has 0 bridgehead atoms. The second-order valence-electron chi connectivity index (χ2n) is 2.97. The lowest BCUT2D eigenvalue weighted by Gasteiger charge is -2.14. The number of thioether (sulfide) groups is 1. The van der Waals surface area contributed by atoms with E-state index in [0.717, 1.165) is 5.25 Å². The maximum absolute atomic E-state index is 4.42. The van der Waals surface area contributed by atoms with Gasteiger partial charge in [-0.15, -0.1) is 0 Å². The van der Waals surface area contributed by atoms with Gasteiger partial charge < -0.3 is 0 Å². The van der Waals surface area contributed by atoms with Gasteiger partial charge in [-0.1, -0.05) is 13.8 Å². The molecular formula is C6H12S2. The number of rotatable bonds is 2. The van der Waals surface area contributed by atoms with Crippen molar-refractivity contribution in [3.8, 4) is 0 Å². The second-order valence-corrected chi connectivity index (χ2v) is 5.52. The number of hydrogen-bond acceptors (Lipinski definition) is 2. The molecule has 1 aliphatic rings. The van der Waals surface area contributed by atoms with Crippen LogP contribution in [0.15, 0.2) is 0 Å². The van der Waals surface area contributed by atoms with E-state index < -0.39 is 0 Å². The smallest absolute Gasteiger partial charge is 0.0151 e. The van der Waals surface area contributed by atoms with Gasteiger partial charge in [-0.2, -0.15) is 24.4 Å². The van der Waals surface area contributed by atoms with E-state index in [1.807, 2.05) is 11.8 Å². The highest BCUT2D eigenvalue weighted by Crippen LogP contribution is 2.38. The molecule has 0 saturated carbocycles. The molecule has 1 atom stereocenters. The molecule has 0 aliphatic carbocycles. The summed E-state index contributed by atoms with van der Waals surface area (Å²) in [4.78, 5) is 0. The summed E-state index contributed by atoms with van der Waals surface area (Å²) >= 11 is 6.47. The van der Waals surface area contributed by atoms with Crippen LogP contribution in [0, 0.1) is 0 Å². The van der Waals surface area contributed by atoms with Gasteiger partial charge in [0.1, 0.15) is 0 Å². The zero-order chi connectivity index (χ0) is 6.20. The Labute approximate surface area is 60.8 Å². The third-order valence-electron chi connectivity index (χ3n) is 1.13. The van der Waals surface area contributed by atoms with Crippen molar-refractivity contribution in [1.82, 2.24) is 0 Å². The predicted molar refractivity (Wildman–Crippen MR) is 43.9 cm³/mol. The van der Waals surface area contributed by atoms with Crippen molar-refractivity contribution in [1.29, 1.82) is 0 Å². The number of thiol groups is 1. The van der Waals surface area contributed by atoms with E-state index >= 15 is 0 Å². The summed E-state index contributed by atoms with van der Waals surface area (Å²) in [5, 5.41) is 0.933. The maximum Gasteiger partial charge on any atom is 0.0151 e. The van der Waals surface area contributed by atoms with Crippen LogP contribution in [-0.2, 0) is 0 Å². The van der Waals surface area contributed by atoms with E-state index in [0.29, 0.717) is 0 Å². The van der Waals surface area contributed by atoms with Crippen molar-refractivity contribution in [3.05, 3.63) is 0 Å². The lowest BCUT2D eigenvalue weighted by atomic mass is 10.1. The lowest BCUT2D eigenvalue weighted by molar-refractivity contribution is 0.664. The van der Waals surface area contributed by atoms with Crippen molar-refractivity contribution in [2.24, 2.45) is 0 Å². The zero-order valence-electron chi connectivity index (χ0n) is 5.35. The average Bonchev–Trinajstić information content (AvgIpc) is 2.12.